The van der Waals surface area contributed by atoms with Gasteiger partial charge >= 0.3 is 0 Å². The Bertz CT molecular complexity index is 671. The summed E-state index contributed by atoms with van der Waals surface area (Å²) >= 11 is 3.51. The summed E-state index contributed by atoms with van der Waals surface area (Å²) in [5.74, 6) is 1.55. The number of amides is 1. The molecule has 0 spiro atoms. The number of methoxy groups -OCH3 is 1. The summed E-state index contributed by atoms with van der Waals surface area (Å²) in [6.07, 6.45) is 2.06. The molecule has 0 saturated carbocycles. The first-order chi connectivity index (χ1) is 11.6. The van der Waals surface area contributed by atoms with Crippen LogP contribution >= 0.6 is 15.9 Å². The predicted octanol–water partition coefficient (Wildman–Crippen LogP) is 4.82. The van der Waals surface area contributed by atoms with E-state index in [9.17, 15) is 4.79 Å². The van der Waals surface area contributed by atoms with Crippen LogP contribution in [0.25, 0.3) is 0 Å². The summed E-state index contributed by atoms with van der Waals surface area (Å²) in [4.78, 5) is 11.9. The van der Waals surface area contributed by atoms with Crippen LogP contribution in [0, 0.1) is 0 Å². The molecule has 2 aromatic carbocycles. The number of benzene rings is 2. The first-order valence-electron chi connectivity index (χ1n) is 7.97. The van der Waals surface area contributed by atoms with E-state index in [-0.39, 0.29) is 5.91 Å². The monoisotopic (exact) mass is 391 g/mol. The van der Waals surface area contributed by atoms with Crippen LogP contribution in [-0.4, -0.2) is 19.6 Å². The van der Waals surface area contributed by atoms with E-state index in [4.69, 9.17) is 9.47 Å². The summed E-state index contributed by atoms with van der Waals surface area (Å²) < 4.78 is 11.8. The topological polar surface area (TPSA) is 47.6 Å². The zero-order chi connectivity index (χ0) is 17.4. The maximum atomic E-state index is 11.9. The maximum absolute atomic E-state index is 11.9. The molecule has 4 nitrogen and oxygen atoms in total. The number of anilines is 1. The molecule has 2 rings (SSSR count). The van der Waals surface area contributed by atoms with Crippen molar-refractivity contribution in [1.29, 1.82) is 0 Å². The van der Waals surface area contributed by atoms with Crippen molar-refractivity contribution in [2.45, 2.75) is 26.2 Å². The Morgan fingerprint density at radius 3 is 2.54 bits per heavy atom. The van der Waals surface area contributed by atoms with Crippen LogP contribution in [0.3, 0.4) is 0 Å². The van der Waals surface area contributed by atoms with Gasteiger partial charge in [-0.3, -0.25) is 4.79 Å². The van der Waals surface area contributed by atoms with Crippen molar-refractivity contribution in [3.63, 3.8) is 0 Å². The van der Waals surface area contributed by atoms with Gasteiger partial charge in [0.1, 0.15) is 11.5 Å². The molecule has 0 aliphatic carbocycles. The molecule has 2 aromatic rings. The number of halogens is 1. The van der Waals surface area contributed by atoms with Gasteiger partial charge in [-0.15, -0.1) is 0 Å². The van der Waals surface area contributed by atoms with E-state index in [0.717, 1.165) is 28.1 Å². The highest BCUT2D eigenvalue weighted by atomic mass is 79.9. The smallest absolute Gasteiger partial charge is 0.224 e. The van der Waals surface area contributed by atoms with Gasteiger partial charge in [-0.2, -0.15) is 0 Å². The lowest BCUT2D eigenvalue weighted by molar-refractivity contribution is -0.116. The second kappa shape index (κ2) is 9.33. The Morgan fingerprint density at radius 2 is 1.92 bits per heavy atom. The molecule has 0 bridgehead atoms. The molecule has 0 aliphatic heterocycles. The molecule has 24 heavy (non-hydrogen) atoms. The van der Waals surface area contributed by atoms with E-state index in [1.54, 1.807) is 7.11 Å². The van der Waals surface area contributed by atoms with Gasteiger partial charge in [0.15, 0.2) is 0 Å². The Labute approximate surface area is 151 Å². The summed E-state index contributed by atoms with van der Waals surface area (Å²) in [5, 5.41) is 2.86. The second-order valence-corrected chi connectivity index (χ2v) is 6.20. The number of carbonyl (C=O) groups is 1. The largest absolute Gasteiger partial charge is 0.497 e. The van der Waals surface area contributed by atoms with Gasteiger partial charge < -0.3 is 14.8 Å². The normalized spacial score (nSPS) is 10.3. The molecule has 0 aliphatic rings. The van der Waals surface area contributed by atoms with E-state index >= 15 is 0 Å². The molecular formula is C19H22BrNO3. The van der Waals surface area contributed by atoms with Crippen LogP contribution in [0.2, 0.25) is 0 Å². The average Bonchev–Trinajstić information content (AvgIpc) is 2.60. The predicted molar refractivity (Wildman–Crippen MR) is 99.9 cm³/mol. The van der Waals surface area contributed by atoms with Gasteiger partial charge in [0, 0.05) is 12.1 Å². The number of ether oxygens (including phenoxy) is 2. The van der Waals surface area contributed by atoms with E-state index in [0.29, 0.717) is 19.4 Å². The molecule has 128 valence electrons. The molecule has 0 saturated heterocycles. The molecule has 5 heteroatoms. The third kappa shape index (κ3) is 5.57. The first-order valence-corrected chi connectivity index (χ1v) is 8.76. The minimum absolute atomic E-state index is 0.0239. The van der Waals surface area contributed by atoms with E-state index < -0.39 is 0 Å². The quantitative estimate of drug-likeness (QED) is 0.656. The number of hydrogen-bond acceptors (Lipinski definition) is 3. The number of rotatable bonds is 8. The fraction of sp³-hybridized carbons (Fsp3) is 0.316. The lowest BCUT2D eigenvalue weighted by Crippen LogP contribution is -2.12. The number of hydrogen-bond donors (Lipinski definition) is 1. The van der Waals surface area contributed by atoms with Crippen LogP contribution < -0.4 is 14.8 Å². The second-order valence-electron chi connectivity index (χ2n) is 5.35. The zero-order valence-electron chi connectivity index (χ0n) is 14.0. The van der Waals surface area contributed by atoms with E-state index in [1.807, 2.05) is 30.3 Å². The molecular weight excluding hydrogens is 370 g/mol. The minimum atomic E-state index is -0.0239. The van der Waals surface area contributed by atoms with Gasteiger partial charge in [-0.1, -0.05) is 13.0 Å². The van der Waals surface area contributed by atoms with Gasteiger partial charge in [0.05, 0.1) is 18.2 Å². The fourth-order valence-electron chi connectivity index (χ4n) is 2.19. The van der Waals surface area contributed by atoms with Crippen molar-refractivity contribution in [2.75, 3.05) is 19.0 Å². The summed E-state index contributed by atoms with van der Waals surface area (Å²) in [7, 11) is 1.61. The standard InChI is InChI=1S/C19H22BrNO3/c1-3-14-6-11-18(17(20)13-14)24-12-4-5-19(22)21-15-7-9-16(23-2)10-8-15/h6-11,13H,3-5,12H2,1-2H3,(H,21,22). The molecule has 0 heterocycles. The highest BCUT2D eigenvalue weighted by molar-refractivity contribution is 9.10. The Morgan fingerprint density at radius 1 is 1.17 bits per heavy atom. The number of nitrogens with one attached hydrogen (secondary N) is 1. The van der Waals surface area contributed by atoms with Crippen LogP contribution in [-0.2, 0) is 11.2 Å². The van der Waals surface area contributed by atoms with Gasteiger partial charge in [0.25, 0.3) is 0 Å². The summed E-state index contributed by atoms with van der Waals surface area (Å²) in [6.45, 7) is 2.61. The minimum Gasteiger partial charge on any atom is -0.497 e. The Hall–Kier alpha value is -2.01. The van der Waals surface area contributed by atoms with Crippen molar-refractivity contribution >= 4 is 27.5 Å². The highest BCUT2D eigenvalue weighted by Crippen LogP contribution is 2.26. The molecule has 1 amide bonds. The Kier molecular flexibility index (Phi) is 7.12. The lowest BCUT2D eigenvalue weighted by Gasteiger charge is -2.10. The third-order valence-corrected chi connectivity index (χ3v) is 4.20. The first kappa shape index (κ1) is 18.3. The van der Waals surface area contributed by atoms with Crippen LogP contribution in [0.1, 0.15) is 25.3 Å². The number of carbonyl (C=O) groups excluding carboxylic acids is 1. The highest BCUT2D eigenvalue weighted by Gasteiger charge is 2.05. The van der Waals surface area contributed by atoms with Crippen LogP contribution in [0.5, 0.6) is 11.5 Å². The fourth-order valence-corrected chi connectivity index (χ4v) is 2.73. The van der Waals surface area contributed by atoms with Crippen molar-refractivity contribution in [1.82, 2.24) is 0 Å². The van der Waals surface area contributed by atoms with Crippen molar-refractivity contribution in [2.24, 2.45) is 0 Å². The van der Waals surface area contributed by atoms with Crippen LogP contribution in [0.15, 0.2) is 46.9 Å². The molecule has 1 N–H and O–H groups in total. The van der Waals surface area contributed by atoms with Gasteiger partial charge in [0.2, 0.25) is 5.91 Å². The van der Waals surface area contributed by atoms with Crippen molar-refractivity contribution in [3.05, 3.63) is 52.5 Å². The van der Waals surface area contributed by atoms with Gasteiger partial charge in [-0.25, -0.2) is 0 Å². The molecule has 0 aromatic heterocycles. The summed E-state index contributed by atoms with van der Waals surface area (Å²) in [6, 6.07) is 13.3. The summed E-state index contributed by atoms with van der Waals surface area (Å²) in [5.41, 5.74) is 2.02. The molecule has 0 radical (unpaired) electrons. The lowest BCUT2D eigenvalue weighted by atomic mass is 10.2. The number of aryl methyl sites for hydroxylation is 1. The van der Waals surface area contributed by atoms with Crippen LogP contribution in [0.4, 0.5) is 5.69 Å². The van der Waals surface area contributed by atoms with Gasteiger partial charge in [-0.05, 0) is 70.7 Å². The third-order valence-electron chi connectivity index (χ3n) is 3.58. The van der Waals surface area contributed by atoms with E-state index in [2.05, 4.69) is 40.3 Å². The van der Waals surface area contributed by atoms with Crippen molar-refractivity contribution in [3.8, 4) is 11.5 Å². The molecule has 0 unspecified atom stereocenters. The SMILES string of the molecule is CCc1ccc(OCCCC(=O)Nc2ccc(OC)cc2)c(Br)c1. The Balaban J connectivity index is 1.72. The van der Waals surface area contributed by atoms with Crippen molar-refractivity contribution < 1.29 is 14.3 Å². The van der Waals surface area contributed by atoms with E-state index in [1.165, 1.54) is 5.56 Å². The molecule has 0 atom stereocenters. The maximum Gasteiger partial charge on any atom is 0.224 e. The molecule has 0 fully saturated rings. The zero-order valence-corrected chi connectivity index (χ0v) is 15.6. The average molecular weight is 392 g/mol.